The number of aromatic nitrogens is 2. The van der Waals surface area contributed by atoms with Crippen LogP contribution in [0.4, 0.5) is 4.39 Å². The first kappa shape index (κ1) is 23.5. The van der Waals surface area contributed by atoms with Gasteiger partial charge in [-0.15, -0.1) is 11.3 Å². The van der Waals surface area contributed by atoms with Crippen molar-refractivity contribution in [3.63, 3.8) is 0 Å². The number of aliphatic hydroxyl groups excluding tert-OH is 1. The number of ketones is 1. The van der Waals surface area contributed by atoms with E-state index in [4.69, 9.17) is 9.84 Å². The van der Waals surface area contributed by atoms with E-state index in [-0.39, 0.29) is 24.6 Å². The molecule has 8 heteroatoms. The Morgan fingerprint density at radius 3 is 2.71 bits per heavy atom. The van der Waals surface area contributed by atoms with Gasteiger partial charge in [0.15, 0.2) is 11.6 Å². The maximum Gasteiger partial charge on any atom is 0.166 e. The summed E-state index contributed by atoms with van der Waals surface area (Å²) >= 11 is 1.49. The molecule has 5 rings (SSSR count). The van der Waals surface area contributed by atoms with E-state index in [1.165, 1.54) is 17.4 Å². The first-order valence-corrected chi connectivity index (χ1v) is 12.5. The Hall–Kier alpha value is -3.20. The second kappa shape index (κ2) is 10.6. The number of nitrogens with one attached hydrogen (secondary N) is 1. The largest absolute Gasteiger partial charge is 0.453 e. The quantitative estimate of drug-likeness (QED) is 0.278. The fourth-order valence-corrected chi connectivity index (χ4v) is 4.95. The Kier molecular flexibility index (Phi) is 7.13. The summed E-state index contributed by atoms with van der Waals surface area (Å²) in [6, 6.07) is 12.3. The number of halogens is 1. The number of benzene rings is 1. The van der Waals surface area contributed by atoms with Gasteiger partial charge in [0.2, 0.25) is 0 Å². The highest BCUT2D eigenvalue weighted by Gasteiger charge is 2.24. The van der Waals surface area contributed by atoms with Crippen LogP contribution in [-0.2, 0) is 17.8 Å². The molecule has 1 fully saturated rings. The minimum Gasteiger partial charge on any atom is -0.453 e. The van der Waals surface area contributed by atoms with Crippen molar-refractivity contribution in [3.05, 3.63) is 71.8 Å². The third-order valence-corrected chi connectivity index (χ3v) is 7.06. The molecular formula is C27H26FN3O3S. The molecule has 4 aromatic rings. The standard InChI is InChI=1S/C27H26FN3O3S/c28-21-13-18(12-20(33)11-17-1-2-17)4-6-24(21)34-25-7-8-30-23-14-26(35-27(23)25)22-5-3-19(16-31-22)15-29-9-10-32/h3-8,13-14,16-17,29,32H,1-2,9-12,15H2. The monoisotopic (exact) mass is 491 g/mol. The van der Waals surface area contributed by atoms with Gasteiger partial charge in [-0.05, 0) is 54.2 Å². The lowest BCUT2D eigenvalue weighted by Gasteiger charge is -2.09. The maximum absolute atomic E-state index is 14.8. The van der Waals surface area contributed by atoms with Gasteiger partial charge in [-0.3, -0.25) is 14.8 Å². The van der Waals surface area contributed by atoms with Crippen molar-refractivity contribution in [1.29, 1.82) is 0 Å². The Balaban J connectivity index is 1.31. The highest BCUT2D eigenvalue weighted by Crippen LogP contribution is 2.39. The van der Waals surface area contributed by atoms with Crippen LogP contribution in [0.3, 0.4) is 0 Å². The summed E-state index contributed by atoms with van der Waals surface area (Å²) in [4.78, 5) is 22.0. The number of aliphatic hydroxyl groups is 1. The van der Waals surface area contributed by atoms with Gasteiger partial charge in [-0.25, -0.2) is 4.39 Å². The molecule has 0 atom stereocenters. The Morgan fingerprint density at radius 2 is 1.97 bits per heavy atom. The van der Waals surface area contributed by atoms with Crippen molar-refractivity contribution in [1.82, 2.24) is 15.3 Å². The summed E-state index contributed by atoms with van der Waals surface area (Å²) < 4.78 is 21.6. The molecule has 1 aromatic carbocycles. The topological polar surface area (TPSA) is 84.3 Å². The summed E-state index contributed by atoms with van der Waals surface area (Å²) in [7, 11) is 0. The third kappa shape index (κ3) is 5.90. The number of nitrogens with zero attached hydrogens (tertiary/aromatic N) is 2. The molecule has 0 unspecified atom stereocenters. The van der Waals surface area contributed by atoms with E-state index >= 15 is 0 Å². The first-order chi connectivity index (χ1) is 17.1. The predicted octanol–water partition coefficient (Wildman–Crippen LogP) is 5.28. The molecule has 3 heterocycles. The van der Waals surface area contributed by atoms with Gasteiger partial charge in [0.05, 0.1) is 27.4 Å². The second-order valence-corrected chi connectivity index (χ2v) is 9.87. The zero-order valence-corrected chi connectivity index (χ0v) is 20.0. The van der Waals surface area contributed by atoms with Crippen LogP contribution in [0.1, 0.15) is 30.4 Å². The molecule has 2 N–H and O–H groups in total. The minimum atomic E-state index is -0.490. The minimum absolute atomic E-state index is 0.0960. The van der Waals surface area contributed by atoms with Gasteiger partial charge < -0.3 is 15.2 Å². The van der Waals surface area contributed by atoms with Crippen molar-refractivity contribution < 1.29 is 19.0 Å². The number of ether oxygens (including phenoxy) is 1. The molecular weight excluding hydrogens is 465 g/mol. The summed E-state index contributed by atoms with van der Waals surface area (Å²) in [5.74, 6) is 0.833. The maximum atomic E-state index is 14.8. The Morgan fingerprint density at radius 1 is 1.11 bits per heavy atom. The fourth-order valence-electron chi connectivity index (χ4n) is 3.91. The molecule has 1 aliphatic rings. The lowest BCUT2D eigenvalue weighted by Crippen LogP contribution is -2.17. The van der Waals surface area contributed by atoms with Crippen LogP contribution in [0.2, 0.25) is 0 Å². The highest BCUT2D eigenvalue weighted by atomic mass is 32.1. The molecule has 0 aliphatic heterocycles. The molecule has 0 saturated heterocycles. The van der Waals surface area contributed by atoms with Crippen LogP contribution in [0.15, 0.2) is 54.9 Å². The Labute approximate surface area is 206 Å². The van der Waals surface area contributed by atoms with Crippen LogP contribution >= 0.6 is 11.3 Å². The van der Waals surface area contributed by atoms with Crippen LogP contribution in [0.5, 0.6) is 11.5 Å². The summed E-state index contributed by atoms with van der Waals surface area (Å²) in [6.07, 6.45) is 6.55. The average molecular weight is 492 g/mol. The highest BCUT2D eigenvalue weighted by molar-refractivity contribution is 7.22. The van der Waals surface area contributed by atoms with Gasteiger partial charge >= 0.3 is 0 Å². The molecule has 1 saturated carbocycles. The molecule has 0 spiro atoms. The number of hydrogen-bond donors (Lipinski definition) is 2. The number of carbonyl (C=O) groups excluding carboxylic acids is 1. The number of fused-ring (bicyclic) bond motifs is 1. The lowest BCUT2D eigenvalue weighted by molar-refractivity contribution is -0.118. The average Bonchev–Trinajstić information content (AvgIpc) is 3.55. The van der Waals surface area contributed by atoms with E-state index in [9.17, 15) is 9.18 Å². The van der Waals surface area contributed by atoms with E-state index in [2.05, 4.69) is 15.3 Å². The van der Waals surface area contributed by atoms with Crippen molar-refractivity contribution in [3.8, 4) is 22.1 Å². The van der Waals surface area contributed by atoms with Crippen LogP contribution in [-0.4, -0.2) is 34.0 Å². The molecule has 35 heavy (non-hydrogen) atoms. The van der Waals surface area contributed by atoms with E-state index in [1.807, 2.05) is 18.2 Å². The molecule has 6 nitrogen and oxygen atoms in total. The molecule has 1 aliphatic carbocycles. The SMILES string of the molecule is O=C(Cc1ccc(Oc2ccnc3cc(-c4ccc(CNCCO)cn4)sc23)c(F)c1)CC1CC1. The number of Topliss-reactive ketones (excluding diaryl/α,β-unsaturated/α-hetero) is 1. The van der Waals surface area contributed by atoms with Gasteiger partial charge in [0, 0.05) is 44.4 Å². The van der Waals surface area contributed by atoms with Crippen LogP contribution in [0, 0.1) is 11.7 Å². The zero-order valence-electron chi connectivity index (χ0n) is 19.2. The van der Waals surface area contributed by atoms with Crippen LogP contribution < -0.4 is 10.1 Å². The first-order valence-electron chi connectivity index (χ1n) is 11.7. The fraction of sp³-hybridized carbons (Fsp3) is 0.296. The molecule has 0 radical (unpaired) electrons. The number of carbonyl (C=O) groups is 1. The number of pyridine rings is 2. The van der Waals surface area contributed by atoms with Crippen molar-refractivity contribution in [2.24, 2.45) is 5.92 Å². The van der Waals surface area contributed by atoms with Gasteiger partial charge in [-0.2, -0.15) is 0 Å². The smallest absolute Gasteiger partial charge is 0.166 e. The van der Waals surface area contributed by atoms with E-state index in [0.717, 1.165) is 39.2 Å². The second-order valence-electron chi connectivity index (χ2n) is 8.82. The van der Waals surface area contributed by atoms with E-state index in [0.29, 0.717) is 36.7 Å². The number of hydrogen-bond acceptors (Lipinski definition) is 7. The molecule has 0 amide bonds. The van der Waals surface area contributed by atoms with Gasteiger partial charge in [-0.1, -0.05) is 12.1 Å². The summed E-state index contributed by atoms with van der Waals surface area (Å²) in [6.45, 7) is 1.27. The zero-order chi connectivity index (χ0) is 24.2. The third-order valence-electron chi connectivity index (χ3n) is 5.90. The van der Waals surface area contributed by atoms with E-state index < -0.39 is 5.82 Å². The van der Waals surface area contributed by atoms with Crippen molar-refractivity contribution >= 4 is 27.3 Å². The Bertz CT molecular complexity index is 1340. The molecule has 0 bridgehead atoms. The normalized spacial score (nSPS) is 13.3. The van der Waals surface area contributed by atoms with Gasteiger partial charge in [0.1, 0.15) is 11.5 Å². The predicted molar refractivity (Wildman–Crippen MR) is 134 cm³/mol. The molecule has 3 aromatic heterocycles. The summed E-state index contributed by atoms with van der Waals surface area (Å²) in [5.41, 5.74) is 3.26. The molecule has 180 valence electrons. The van der Waals surface area contributed by atoms with Crippen molar-refractivity contribution in [2.75, 3.05) is 13.2 Å². The number of thiophene rings is 1. The van der Waals surface area contributed by atoms with Gasteiger partial charge in [0.25, 0.3) is 0 Å². The number of rotatable bonds is 11. The summed E-state index contributed by atoms with van der Waals surface area (Å²) in [5, 5.41) is 12.0. The van der Waals surface area contributed by atoms with Crippen molar-refractivity contribution in [2.45, 2.75) is 32.2 Å². The lowest BCUT2D eigenvalue weighted by atomic mass is 10.0. The van der Waals surface area contributed by atoms with Crippen LogP contribution in [0.25, 0.3) is 20.8 Å². The van der Waals surface area contributed by atoms with E-state index in [1.54, 1.807) is 30.6 Å².